The van der Waals surface area contributed by atoms with Crippen LogP contribution in [0, 0.1) is 11.8 Å². The first kappa shape index (κ1) is 30.9. The topological polar surface area (TPSA) is 227 Å². The van der Waals surface area contributed by atoms with Gasteiger partial charge in [0.15, 0.2) is 11.6 Å². The van der Waals surface area contributed by atoms with Crippen LogP contribution in [0.4, 0.5) is 0 Å². The third-order valence-corrected chi connectivity index (χ3v) is 9.25. The van der Waals surface area contributed by atoms with Crippen LogP contribution < -0.4 is 9.47 Å². The number of Topliss-reactive ketones (excluding diaryl/α,β-unsaturated/α-hetero) is 2. The first-order valence-corrected chi connectivity index (χ1v) is 14.3. The maximum absolute atomic E-state index is 13.3. The zero-order valence-corrected chi connectivity index (χ0v) is 25.0. The van der Waals surface area contributed by atoms with E-state index in [0.717, 1.165) is 20.3 Å². The molecule has 2 aromatic rings. The molecule has 0 aromatic heterocycles. The van der Waals surface area contributed by atoms with Crippen LogP contribution in [-0.2, 0) is 28.7 Å². The molecule has 2 heterocycles. The Balaban J connectivity index is 1.61. The summed E-state index contributed by atoms with van der Waals surface area (Å²) in [6.45, 7) is 3.01. The minimum absolute atomic E-state index is 0.105. The number of carbonyl (C=O) groups is 4. The van der Waals surface area contributed by atoms with Crippen molar-refractivity contribution in [2.45, 2.75) is 50.1 Å². The van der Waals surface area contributed by atoms with Crippen LogP contribution >= 0.6 is 0 Å². The van der Waals surface area contributed by atoms with Crippen molar-refractivity contribution in [3.63, 3.8) is 0 Å². The lowest BCUT2D eigenvalue weighted by Gasteiger charge is -2.46. The largest absolute Gasteiger partial charge is 0.507 e. The third kappa shape index (κ3) is 3.70. The SMILES string of the molecule is COC(=O)[C@@]12Oc3ccc(-c4ccc(O)c5c4O[C@@]4(C(=O)OC)C(=C5O)C(=O)C[C@@H](C)[C@@H]4O)c(O)c3C(O)=C1C(=O)C[C@H](C)[C@H]2O. The van der Waals surface area contributed by atoms with Gasteiger partial charge in [0.2, 0.25) is 0 Å². The summed E-state index contributed by atoms with van der Waals surface area (Å²) in [5.74, 6) is -9.21. The minimum atomic E-state index is -2.55. The standard InChI is InChI=1S/C32H30O14/c1-11-9-17(35)22-25(38)20-18(45-31(22,27(11)39)29(41)43-3)8-6-13(23(20)36)14-5-7-15(33)19-24(37)21-16(34)10-12(2)28(40)32(21,30(42)44-4)46-26(14)19/h5-8,11-12,27-28,33,36-40H,9-10H2,1-4H3/t11-,12+,27+,28-,31+,32-/m0/s1. The maximum Gasteiger partial charge on any atom is 0.358 e. The number of aliphatic hydroxyl groups excluding tert-OH is 4. The molecule has 6 N–H and O–H groups in total. The molecule has 2 aromatic carbocycles. The fraction of sp³-hybridized carbons (Fsp3) is 0.375. The van der Waals surface area contributed by atoms with E-state index >= 15 is 0 Å². The fourth-order valence-electron chi connectivity index (χ4n) is 7.00. The van der Waals surface area contributed by atoms with E-state index in [1.165, 1.54) is 32.0 Å². The number of ketones is 2. The second-order valence-corrected chi connectivity index (χ2v) is 11.9. The molecule has 14 heteroatoms. The number of hydrogen-bond donors (Lipinski definition) is 6. The number of methoxy groups -OCH3 is 2. The van der Waals surface area contributed by atoms with Crippen LogP contribution in [0.5, 0.6) is 23.0 Å². The average molecular weight is 639 g/mol. The minimum Gasteiger partial charge on any atom is -0.507 e. The number of phenolic OH excluding ortho intramolecular Hbond substituents is 2. The number of hydrogen-bond acceptors (Lipinski definition) is 14. The van der Waals surface area contributed by atoms with Crippen molar-refractivity contribution in [1.29, 1.82) is 0 Å². The average Bonchev–Trinajstić information content (AvgIpc) is 3.01. The van der Waals surface area contributed by atoms with Crippen molar-refractivity contribution < 1.29 is 68.8 Å². The molecule has 46 heavy (non-hydrogen) atoms. The molecule has 2 aliphatic heterocycles. The number of aliphatic hydroxyl groups is 4. The Labute approximate surface area is 260 Å². The molecule has 2 aliphatic carbocycles. The molecule has 0 saturated heterocycles. The molecule has 2 saturated carbocycles. The molecule has 4 aliphatic rings. The van der Waals surface area contributed by atoms with Crippen LogP contribution in [0.1, 0.15) is 37.8 Å². The Morgan fingerprint density at radius 1 is 0.739 bits per heavy atom. The van der Waals surface area contributed by atoms with Crippen molar-refractivity contribution in [2.24, 2.45) is 11.8 Å². The maximum atomic E-state index is 13.3. The van der Waals surface area contributed by atoms with E-state index < -0.39 is 110 Å². The van der Waals surface area contributed by atoms with Crippen molar-refractivity contribution in [2.75, 3.05) is 14.2 Å². The highest BCUT2D eigenvalue weighted by Crippen LogP contribution is 2.56. The Morgan fingerprint density at radius 3 is 1.74 bits per heavy atom. The van der Waals surface area contributed by atoms with Gasteiger partial charge < -0.3 is 49.6 Å². The van der Waals surface area contributed by atoms with Gasteiger partial charge in [-0.05, 0) is 36.1 Å². The van der Waals surface area contributed by atoms with E-state index in [-0.39, 0.29) is 29.7 Å². The highest BCUT2D eigenvalue weighted by Gasteiger charge is 2.64. The molecule has 0 radical (unpaired) electrons. The van der Waals surface area contributed by atoms with E-state index in [2.05, 4.69) is 0 Å². The molecule has 2 fully saturated rings. The number of fused-ring (bicyclic) bond motifs is 4. The number of carbonyl (C=O) groups excluding carboxylic acids is 4. The van der Waals surface area contributed by atoms with Gasteiger partial charge in [0.1, 0.15) is 57.9 Å². The summed E-state index contributed by atoms with van der Waals surface area (Å²) in [6.07, 6.45) is -3.83. The number of rotatable bonds is 3. The van der Waals surface area contributed by atoms with Crippen LogP contribution in [0.25, 0.3) is 22.6 Å². The third-order valence-electron chi connectivity index (χ3n) is 9.25. The van der Waals surface area contributed by atoms with Gasteiger partial charge in [0.05, 0.1) is 25.4 Å². The van der Waals surface area contributed by atoms with Crippen LogP contribution in [0.15, 0.2) is 35.4 Å². The summed E-state index contributed by atoms with van der Waals surface area (Å²) in [6, 6.07) is 4.83. The van der Waals surface area contributed by atoms with Gasteiger partial charge in [0.25, 0.3) is 11.2 Å². The lowest BCUT2D eigenvalue weighted by atomic mass is 9.69. The molecule has 0 amide bonds. The van der Waals surface area contributed by atoms with Crippen molar-refractivity contribution in [3.8, 4) is 34.1 Å². The van der Waals surface area contributed by atoms with Crippen LogP contribution in [0.2, 0.25) is 0 Å². The lowest BCUT2D eigenvalue weighted by molar-refractivity contribution is -0.173. The van der Waals surface area contributed by atoms with Gasteiger partial charge in [0, 0.05) is 24.0 Å². The van der Waals surface area contributed by atoms with Crippen LogP contribution in [0.3, 0.4) is 0 Å². The first-order valence-electron chi connectivity index (χ1n) is 14.3. The van der Waals surface area contributed by atoms with Gasteiger partial charge in [-0.25, -0.2) is 9.59 Å². The number of phenols is 2. The van der Waals surface area contributed by atoms with E-state index in [4.69, 9.17) is 18.9 Å². The van der Waals surface area contributed by atoms with E-state index in [0.29, 0.717) is 0 Å². The van der Waals surface area contributed by atoms with E-state index in [1.54, 1.807) is 0 Å². The van der Waals surface area contributed by atoms with E-state index in [9.17, 15) is 49.8 Å². The zero-order chi connectivity index (χ0) is 33.6. The monoisotopic (exact) mass is 638 g/mol. The highest BCUT2D eigenvalue weighted by atomic mass is 16.6. The van der Waals surface area contributed by atoms with Gasteiger partial charge in [-0.1, -0.05) is 13.8 Å². The fourth-order valence-corrected chi connectivity index (χ4v) is 7.00. The molecule has 6 rings (SSSR count). The molecular weight excluding hydrogens is 608 g/mol. The van der Waals surface area contributed by atoms with Gasteiger partial charge in [-0.15, -0.1) is 0 Å². The summed E-state index contributed by atoms with van der Waals surface area (Å²) in [5.41, 5.74) is -7.36. The smallest absolute Gasteiger partial charge is 0.358 e. The molecule has 0 spiro atoms. The van der Waals surface area contributed by atoms with Crippen molar-refractivity contribution in [3.05, 3.63) is 46.5 Å². The number of esters is 2. The summed E-state index contributed by atoms with van der Waals surface area (Å²) < 4.78 is 21.8. The van der Waals surface area contributed by atoms with Gasteiger partial charge in [-0.3, -0.25) is 9.59 Å². The predicted molar refractivity (Wildman–Crippen MR) is 155 cm³/mol. The number of ether oxygens (including phenoxy) is 4. The first-order chi connectivity index (χ1) is 21.7. The molecule has 6 atom stereocenters. The lowest BCUT2D eigenvalue weighted by Crippen LogP contribution is -2.64. The predicted octanol–water partition coefficient (Wildman–Crippen LogP) is 1.85. The molecule has 242 valence electrons. The zero-order valence-electron chi connectivity index (χ0n) is 25.0. The summed E-state index contributed by atoms with van der Waals surface area (Å²) >= 11 is 0. The van der Waals surface area contributed by atoms with Crippen LogP contribution in [-0.4, -0.2) is 91.8 Å². The van der Waals surface area contributed by atoms with Crippen molar-refractivity contribution in [1.82, 2.24) is 0 Å². The molecule has 0 unspecified atom stereocenters. The highest BCUT2D eigenvalue weighted by molar-refractivity contribution is 6.14. The molecular formula is C32H30O14. The van der Waals surface area contributed by atoms with Gasteiger partial charge in [-0.2, -0.15) is 0 Å². The number of aromatic hydroxyl groups is 2. The second kappa shape index (κ2) is 10.2. The quantitative estimate of drug-likeness (QED) is 0.264. The Kier molecular flexibility index (Phi) is 6.87. The summed E-state index contributed by atoms with van der Waals surface area (Å²) in [4.78, 5) is 52.7. The molecule has 0 bridgehead atoms. The normalized spacial score (nSPS) is 29.9. The second-order valence-electron chi connectivity index (χ2n) is 11.9. The van der Waals surface area contributed by atoms with Crippen molar-refractivity contribution >= 4 is 35.0 Å². The summed E-state index contributed by atoms with van der Waals surface area (Å²) in [5, 5.41) is 67.5. The van der Waals surface area contributed by atoms with Gasteiger partial charge >= 0.3 is 11.9 Å². The Morgan fingerprint density at radius 2 is 1.22 bits per heavy atom. The summed E-state index contributed by atoms with van der Waals surface area (Å²) in [7, 11) is 2.01. The van der Waals surface area contributed by atoms with E-state index in [1.807, 2.05) is 0 Å². The Bertz CT molecular complexity index is 1820. The Hall–Kier alpha value is -5.08. The number of benzene rings is 2. The molecule has 14 nitrogen and oxygen atoms in total.